The summed E-state index contributed by atoms with van der Waals surface area (Å²) in [4.78, 5) is 0. The highest BCUT2D eigenvalue weighted by atomic mass is 127. The topological polar surface area (TPSA) is 12.4 Å². The molecule has 1 atom stereocenters. The minimum Gasteiger partial charge on any atom is -0.177 e. The van der Waals surface area contributed by atoms with Crippen LogP contribution in [0.4, 0.5) is 0 Å². The third kappa shape index (κ3) is 6.82. The molecule has 0 aliphatic rings. The summed E-state index contributed by atoms with van der Waals surface area (Å²) in [6.07, 6.45) is 7.55. The van der Waals surface area contributed by atoms with Crippen molar-refractivity contribution < 1.29 is 0 Å². The van der Waals surface area contributed by atoms with Gasteiger partial charge in [-0.05, 0) is 12.8 Å². The summed E-state index contributed by atoms with van der Waals surface area (Å²) in [5.74, 6) is 2.35. The Morgan fingerprint density at radius 1 is 1.55 bits per heavy atom. The van der Waals surface area contributed by atoms with Gasteiger partial charge in [-0.15, -0.1) is 0 Å². The van der Waals surface area contributed by atoms with E-state index in [0.717, 1.165) is 0 Å². The molecule has 0 aliphatic carbocycles. The SMILES string of the molecule is C#CN=S(CCC)CCCI. The van der Waals surface area contributed by atoms with E-state index in [1.165, 1.54) is 28.8 Å². The van der Waals surface area contributed by atoms with Gasteiger partial charge in [0.1, 0.15) is 0 Å². The lowest BCUT2D eigenvalue weighted by Gasteiger charge is -2.01. The molecule has 0 N–H and O–H groups in total. The molecule has 11 heavy (non-hydrogen) atoms. The number of rotatable bonds is 5. The van der Waals surface area contributed by atoms with Gasteiger partial charge < -0.3 is 0 Å². The minimum atomic E-state index is 0.160. The highest BCUT2D eigenvalue weighted by molar-refractivity contribution is 14.1. The van der Waals surface area contributed by atoms with Gasteiger partial charge in [-0.2, -0.15) is 4.36 Å². The summed E-state index contributed by atoms with van der Waals surface area (Å²) in [5.41, 5.74) is 0. The maximum absolute atomic E-state index is 5.12. The van der Waals surface area contributed by atoms with E-state index in [0.29, 0.717) is 0 Å². The molecule has 0 rings (SSSR count). The molecule has 0 aromatic carbocycles. The second-order valence-electron chi connectivity index (χ2n) is 2.13. The van der Waals surface area contributed by atoms with Gasteiger partial charge in [0.15, 0.2) is 0 Å². The first-order valence-corrected chi connectivity index (χ1v) is 6.79. The predicted molar refractivity (Wildman–Crippen MR) is 62.2 cm³/mol. The van der Waals surface area contributed by atoms with Crippen LogP contribution in [-0.2, 0) is 10.7 Å². The lowest BCUT2D eigenvalue weighted by atomic mass is 10.6. The fourth-order valence-corrected chi connectivity index (χ4v) is 3.11. The normalized spacial score (nSPS) is 12.8. The van der Waals surface area contributed by atoms with Crippen molar-refractivity contribution in [2.24, 2.45) is 4.36 Å². The van der Waals surface area contributed by atoms with E-state index in [4.69, 9.17) is 6.42 Å². The zero-order valence-electron chi connectivity index (χ0n) is 6.85. The number of halogens is 1. The third-order valence-electron chi connectivity index (χ3n) is 1.14. The quantitative estimate of drug-likeness (QED) is 0.418. The van der Waals surface area contributed by atoms with Crippen LogP contribution in [-0.4, -0.2) is 15.9 Å². The average molecular weight is 283 g/mol. The third-order valence-corrected chi connectivity index (χ3v) is 3.90. The van der Waals surface area contributed by atoms with E-state index >= 15 is 0 Å². The largest absolute Gasteiger partial charge is 0.177 e. The number of alkyl halides is 1. The van der Waals surface area contributed by atoms with Crippen LogP contribution in [0.1, 0.15) is 19.8 Å². The molecule has 0 spiro atoms. The van der Waals surface area contributed by atoms with Crippen LogP contribution in [0.25, 0.3) is 0 Å². The van der Waals surface area contributed by atoms with Crippen molar-refractivity contribution in [1.82, 2.24) is 0 Å². The Hall–Kier alpha value is 0.440. The summed E-state index contributed by atoms with van der Waals surface area (Å²) in [5, 5.41) is 0. The summed E-state index contributed by atoms with van der Waals surface area (Å²) in [6, 6.07) is 2.40. The second-order valence-corrected chi connectivity index (χ2v) is 5.14. The zero-order valence-corrected chi connectivity index (χ0v) is 9.82. The van der Waals surface area contributed by atoms with Crippen molar-refractivity contribution in [3.63, 3.8) is 0 Å². The Labute approximate surface area is 85.6 Å². The Morgan fingerprint density at radius 3 is 2.73 bits per heavy atom. The number of nitrogens with zero attached hydrogens (tertiary/aromatic N) is 1. The van der Waals surface area contributed by atoms with Crippen LogP contribution in [0.15, 0.2) is 4.36 Å². The molecule has 1 nitrogen and oxygen atoms in total. The summed E-state index contributed by atoms with van der Waals surface area (Å²) in [6.45, 7) is 2.18. The Morgan fingerprint density at radius 2 is 2.27 bits per heavy atom. The van der Waals surface area contributed by atoms with Gasteiger partial charge in [0.05, 0.1) is 0 Å². The highest BCUT2D eigenvalue weighted by Gasteiger charge is 1.93. The first kappa shape index (κ1) is 11.4. The molecule has 0 amide bonds. The van der Waals surface area contributed by atoms with E-state index in [2.05, 4.69) is 39.9 Å². The molecule has 0 aromatic heterocycles. The lowest BCUT2D eigenvalue weighted by molar-refractivity contribution is 1.08. The molecule has 3 heteroatoms. The highest BCUT2D eigenvalue weighted by Crippen LogP contribution is 1.97. The van der Waals surface area contributed by atoms with Gasteiger partial charge in [0, 0.05) is 22.0 Å². The summed E-state index contributed by atoms with van der Waals surface area (Å²) < 4.78 is 5.32. The van der Waals surface area contributed by atoms with Gasteiger partial charge in [-0.3, -0.25) is 0 Å². The number of terminal acetylenes is 1. The van der Waals surface area contributed by atoms with E-state index < -0.39 is 0 Å². The monoisotopic (exact) mass is 283 g/mol. The second kappa shape index (κ2) is 8.54. The molecule has 0 aromatic rings. The number of hydrogen-bond donors (Lipinski definition) is 0. The maximum Gasteiger partial charge on any atom is 0.0379 e. The lowest BCUT2D eigenvalue weighted by Crippen LogP contribution is -2.01. The van der Waals surface area contributed by atoms with Crippen molar-refractivity contribution >= 4 is 33.3 Å². The first-order valence-electron chi connectivity index (χ1n) is 3.75. The molecule has 0 heterocycles. The molecular weight excluding hydrogens is 269 g/mol. The molecular formula is C8H14INS. The van der Waals surface area contributed by atoms with Crippen LogP contribution in [0.5, 0.6) is 0 Å². The summed E-state index contributed by atoms with van der Waals surface area (Å²) in [7, 11) is 0.160. The summed E-state index contributed by atoms with van der Waals surface area (Å²) >= 11 is 2.39. The van der Waals surface area contributed by atoms with Crippen LogP contribution in [0, 0.1) is 12.5 Å². The van der Waals surface area contributed by atoms with Crippen molar-refractivity contribution in [3.8, 4) is 12.5 Å². The molecule has 1 unspecified atom stereocenters. The van der Waals surface area contributed by atoms with Crippen molar-refractivity contribution in [1.29, 1.82) is 0 Å². The smallest absolute Gasteiger partial charge is 0.0379 e. The van der Waals surface area contributed by atoms with Gasteiger partial charge in [0.25, 0.3) is 0 Å². The van der Waals surface area contributed by atoms with E-state index in [9.17, 15) is 0 Å². The van der Waals surface area contributed by atoms with E-state index in [-0.39, 0.29) is 10.7 Å². The molecule has 0 saturated heterocycles. The fourth-order valence-electron chi connectivity index (χ4n) is 0.725. The molecule has 64 valence electrons. The fraction of sp³-hybridized carbons (Fsp3) is 0.750. The molecule has 0 radical (unpaired) electrons. The van der Waals surface area contributed by atoms with Gasteiger partial charge >= 0.3 is 0 Å². The van der Waals surface area contributed by atoms with Crippen LogP contribution in [0.2, 0.25) is 0 Å². The maximum atomic E-state index is 5.12. The van der Waals surface area contributed by atoms with Crippen molar-refractivity contribution in [3.05, 3.63) is 0 Å². The van der Waals surface area contributed by atoms with Crippen molar-refractivity contribution in [2.45, 2.75) is 19.8 Å². The first-order chi connectivity index (χ1) is 5.35. The molecule has 0 bridgehead atoms. The zero-order chi connectivity index (χ0) is 8.53. The van der Waals surface area contributed by atoms with Crippen LogP contribution >= 0.6 is 22.6 Å². The Bertz CT molecular complexity index is 160. The van der Waals surface area contributed by atoms with Crippen LogP contribution < -0.4 is 0 Å². The van der Waals surface area contributed by atoms with Crippen molar-refractivity contribution in [2.75, 3.05) is 15.9 Å². The van der Waals surface area contributed by atoms with Gasteiger partial charge in [-0.1, -0.05) is 46.6 Å². The molecule has 0 fully saturated rings. The van der Waals surface area contributed by atoms with Crippen LogP contribution in [0.3, 0.4) is 0 Å². The Kier molecular flexibility index (Phi) is 8.88. The number of hydrogen-bond acceptors (Lipinski definition) is 1. The van der Waals surface area contributed by atoms with Gasteiger partial charge in [-0.25, -0.2) is 0 Å². The van der Waals surface area contributed by atoms with E-state index in [1.54, 1.807) is 0 Å². The van der Waals surface area contributed by atoms with Gasteiger partial charge in [0.2, 0.25) is 0 Å². The minimum absolute atomic E-state index is 0.160. The Balaban J connectivity index is 3.72. The molecule has 0 saturated carbocycles. The van der Waals surface area contributed by atoms with E-state index in [1.807, 2.05) is 0 Å². The standard InChI is InChI=1S/C8H14INS/c1-3-7-11(10-4-2)8-5-6-9/h2H,3,5-8H2,1H3. The predicted octanol–water partition coefficient (Wildman–Crippen LogP) is 2.61. The molecule has 0 aliphatic heterocycles. The average Bonchev–Trinajstić information content (AvgIpc) is 2.01.